The van der Waals surface area contributed by atoms with Crippen LogP contribution in [0.4, 0.5) is 5.69 Å². The Kier molecular flexibility index (Phi) is 6.00. The lowest BCUT2D eigenvalue weighted by atomic mass is 9.86. The van der Waals surface area contributed by atoms with Crippen LogP contribution in [0.3, 0.4) is 0 Å². The van der Waals surface area contributed by atoms with Crippen molar-refractivity contribution < 1.29 is 0 Å². The average Bonchev–Trinajstić information content (AvgIpc) is 3.51. The van der Waals surface area contributed by atoms with E-state index in [2.05, 4.69) is 134 Å². The van der Waals surface area contributed by atoms with E-state index >= 15 is 0 Å². The standard InChI is InChI=1S/C40H34N4/c1-39(2,3)25-16-18-35-30(20-25)28-12-8-10-14-33(28)43(35)37-22-27(42-7)23-38(32(37)24-41)44-34-15-11-9-13-29(34)31-21-26(40(4,5)6)17-19-36(31)44/h8-23H,1-6H3. The first-order chi connectivity index (χ1) is 21.0. The second-order valence-electron chi connectivity index (χ2n) is 13.8. The second kappa shape index (κ2) is 9.60. The molecule has 0 saturated heterocycles. The minimum Gasteiger partial charge on any atom is -0.309 e. The highest BCUT2D eigenvalue weighted by Crippen LogP contribution is 2.41. The molecular formula is C40H34N4. The molecule has 0 fully saturated rings. The minimum atomic E-state index is -0.00418. The van der Waals surface area contributed by atoms with Gasteiger partial charge < -0.3 is 9.13 Å². The maximum Gasteiger partial charge on any atom is 0.191 e. The molecule has 7 aromatic rings. The predicted octanol–water partition coefficient (Wildman–Crippen LogP) is 10.9. The van der Waals surface area contributed by atoms with Crippen LogP contribution in [0.25, 0.3) is 59.8 Å². The molecule has 2 heterocycles. The van der Waals surface area contributed by atoms with E-state index in [0.29, 0.717) is 22.6 Å². The van der Waals surface area contributed by atoms with Gasteiger partial charge in [0.05, 0.1) is 45.6 Å². The fourth-order valence-corrected chi connectivity index (χ4v) is 6.53. The maximum atomic E-state index is 10.9. The van der Waals surface area contributed by atoms with Crippen LogP contribution in [0.1, 0.15) is 58.2 Å². The summed E-state index contributed by atoms with van der Waals surface area (Å²) in [6.45, 7) is 21.4. The number of nitriles is 1. The van der Waals surface area contributed by atoms with E-state index in [1.54, 1.807) is 0 Å². The quantitative estimate of drug-likeness (QED) is 0.191. The van der Waals surface area contributed by atoms with Gasteiger partial charge in [-0.2, -0.15) is 5.26 Å². The third kappa shape index (κ3) is 4.10. The van der Waals surface area contributed by atoms with Crippen molar-refractivity contribution in [3.05, 3.63) is 125 Å². The number of aromatic nitrogens is 2. The zero-order chi connectivity index (χ0) is 31.0. The number of para-hydroxylation sites is 2. The predicted molar refractivity (Wildman–Crippen MR) is 183 cm³/mol. The van der Waals surface area contributed by atoms with Gasteiger partial charge in [-0.25, -0.2) is 4.85 Å². The molecule has 2 aromatic heterocycles. The summed E-state index contributed by atoms with van der Waals surface area (Å²) in [7, 11) is 0. The number of benzene rings is 5. The fourth-order valence-electron chi connectivity index (χ4n) is 6.53. The van der Waals surface area contributed by atoms with Crippen LogP contribution < -0.4 is 0 Å². The van der Waals surface area contributed by atoms with Gasteiger partial charge in [0.25, 0.3) is 0 Å². The molecule has 0 aliphatic heterocycles. The smallest absolute Gasteiger partial charge is 0.191 e. The summed E-state index contributed by atoms with van der Waals surface area (Å²) in [5.41, 5.74) is 8.99. The highest BCUT2D eigenvalue weighted by Gasteiger charge is 2.24. The molecule has 214 valence electrons. The van der Waals surface area contributed by atoms with E-state index in [4.69, 9.17) is 6.57 Å². The van der Waals surface area contributed by atoms with E-state index in [9.17, 15) is 5.26 Å². The van der Waals surface area contributed by atoms with Crippen molar-refractivity contribution in [1.82, 2.24) is 9.13 Å². The summed E-state index contributed by atoms with van der Waals surface area (Å²) in [6.07, 6.45) is 0. The second-order valence-corrected chi connectivity index (χ2v) is 13.8. The average molecular weight is 571 g/mol. The van der Waals surface area contributed by atoms with Crippen LogP contribution in [0, 0.1) is 17.9 Å². The van der Waals surface area contributed by atoms with E-state index in [1.165, 1.54) is 11.1 Å². The van der Waals surface area contributed by atoms with Crippen LogP contribution in [-0.2, 0) is 10.8 Å². The molecule has 0 N–H and O–H groups in total. The normalized spacial score (nSPS) is 12.3. The summed E-state index contributed by atoms with van der Waals surface area (Å²) in [5, 5.41) is 15.4. The monoisotopic (exact) mass is 570 g/mol. The van der Waals surface area contributed by atoms with Gasteiger partial charge in [-0.05, 0) is 70.5 Å². The molecule has 0 atom stereocenters. The van der Waals surface area contributed by atoms with Crippen LogP contribution in [0.5, 0.6) is 0 Å². The Balaban J connectivity index is 1.61. The zero-order valence-corrected chi connectivity index (χ0v) is 26.0. The highest BCUT2D eigenvalue weighted by molar-refractivity contribution is 6.11. The molecule has 5 aromatic carbocycles. The van der Waals surface area contributed by atoms with Gasteiger partial charge in [-0.1, -0.05) is 90.1 Å². The lowest BCUT2D eigenvalue weighted by molar-refractivity contribution is 0.591. The third-order valence-electron chi connectivity index (χ3n) is 8.88. The first kappa shape index (κ1) is 27.5. The van der Waals surface area contributed by atoms with Gasteiger partial charge in [0.1, 0.15) is 6.07 Å². The highest BCUT2D eigenvalue weighted by atomic mass is 15.0. The summed E-state index contributed by atoms with van der Waals surface area (Å²) in [4.78, 5) is 3.91. The van der Waals surface area contributed by atoms with Gasteiger partial charge in [-0.3, -0.25) is 0 Å². The van der Waals surface area contributed by atoms with Gasteiger partial charge in [-0.15, -0.1) is 0 Å². The molecule has 4 heteroatoms. The van der Waals surface area contributed by atoms with E-state index < -0.39 is 0 Å². The Bertz CT molecular complexity index is 2220. The Morgan fingerprint density at radius 2 is 0.977 bits per heavy atom. The van der Waals surface area contributed by atoms with Crippen LogP contribution in [0.2, 0.25) is 0 Å². The number of fused-ring (bicyclic) bond motifs is 6. The maximum absolute atomic E-state index is 10.9. The van der Waals surface area contributed by atoms with Gasteiger partial charge in [0.2, 0.25) is 0 Å². The molecule has 7 rings (SSSR count). The molecule has 0 bridgehead atoms. The first-order valence-electron chi connectivity index (χ1n) is 15.0. The van der Waals surface area contributed by atoms with Crippen molar-refractivity contribution in [1.29, 1.82) is 5.26 Å². The van der Waals surface area contributed by atoms with Crippen molar-refractivity contribution in [3.63, 3.8) is 0 Å². The molecule has 0 saturated carbocycles. The lowest BCUT2D eigenvalue weighted by Crippen LogP contribution is -2.10. The Labute approximate surface area is 258 Å². The molecular weight excluding hydrogens is 536 g/mol. The fraction of sp³-hybridized carbons (Fsp3) is 0.200. The largest absolute Gasteiger partial charge is 0.309 e. The lowest BCUT2D eigenvalue weighted by Gasteiger charge is -2.20. The molecule has 0 amide bonds. The molecule has 0 unspecified atom stereocenters. The van der Waals surface area contributed by atoms with Crippen LogP contribution >= 0.6 is 0 Å². The summed E-state index contributed by atoms with van der Waals surface area (Å²) in [5.74, 6) is 0. The van der Waals surface area contributed by atoms with Crippen molar-refractivity contribution in [2.45, 2.75) is 52.4 Å². The Morgan fingerprint density at radius 3 is 1.36 bits per heavy atom. The van der Waals surface area contributed by atoms with Gasteiger partial charge in [0.15, 0.2) is 5.69 Å². The third-order valence-corrected chi connectivity index (χ3v) is 8.88. The number of rotatable bonds is 2. The van der Waals surface area contributed by atoms with Crippen LogP contribution in [-0.4, -0.2) is 9.13 Å². The Hall–Kier alpha value is -5.32. The molecule has 0 radical (unpaired) electrons. The van der Waals surface area contributed by atoms with Crippen molar-refractivity contribution in [3.8, 4) is 17.4 Å². The van der Waals surface area contributed by atoms with E-state index in [0.717, 1.165) is 43.6 Å². The van der Waals surface area contributed by atoms with Gasteiger partial charge >= 0.3 is 0 Å². The SMILES string of the molecule is [C-]#[N+]c1cc(-n2c3ccccc3c3cc(C(C)(C)C)ccc32)c(C#N)c(-n2c3ccccc3c3cc(C(C)(C)C)ccc32)c1. The molecule has 0 aliphatic carbocycles. The number of hydrogen-bond acceptors (Lipinski definition) is 1. The van der Waals surface area contributed by atoms with Gasteiger partial charge in [0, 0.05) is 21.5 Å². The van der Waals surface area contributed by atoms with Crippen LogP contribution in [0.15, 0.2) is 97.1 Å². The molecule has 0 spiro atoms. The van der Waals surface area contributed by atoms with Crippen molar-refractivity contribution in [2.75, 3.05) is 0 Å². The topological polar surface area (TPSA) is 38.0 Å². The van der Waals surface area contributed by atoms with E-state index in [-0.39, 0.29) is 10.8 Å². The van der Waals surface area contributed by atoms with E-state index in [1.807, 2.05) is 24.3 Å². The zero-order valence-electron chi connectivity index (χ0n) is 26.0. The number of nitrogens with zero attached hydrogens (tertiary/aromatic N) is 4. The van der Waals surface area contributed by atoms with Crippen molar-refractivity contribution in [2.24, 2.45) is 0 Å². The summed E-state index contributed by atoms with van der Waals surface area (Å²) < 4.78 is 4.33. The Morgan fingerprint density at radius 1 is 0.568 bits per heavy atom. The van der Waals surface area contributed by atoms with Crippen molar-refractivity contribution >= 4 is 49.3 Å². The first-order valence-corrected chi connectivity index (χ1v) is 15.0. The minimum absolute atomic E-state index is 0.00418. The summed E-state index contributed by atoms with van der Waals surface area (Å²) >= 11 is 0. The number of hydrogen-bond donors (Lipinski definition) is 0. The summed E-state index contributed by atoms with van der Waals surface area (Å²) in [6, 6.07) is 36.2. The molecule has 44 heavy (non-hydrogen) atoms. The molecule has 0 aliphatic rings. The molecule has 4 nitrogen and oxygen atoms in total.